The number of piperidine rings is 1. The highest BCUT2D eigenvalue weighted by molar-refractivity contribution is 5.79. The van der Waals surface area contributed by atoms with E-state index >= 15 is 0 Å². The summed E-state index contributed by atoms with van der Waals surface area (Å²) in [4.78, 5) is 25.5. The van der Waals surface area contributed by atoms with Crippen LogP contribution in [-0.4, -0.2) is 38.1 Å². The minimum absolute atomic E-state index is 0.00918. The number of anilines is 1. The summed E-state index contributed by atoms with van der Waals surface area (Å²) >= 11 is 0. The lowest BCUT2D eigenvalue weighted by molar-refractivity contribution is -0.384. The van der Waals surface area contributed by atoms with Gasteiger partial charge in [0.1, 0.15) is 17.2 Å². The summed E-state index contributed by atoms with van der Waals surface area (Å²) in [5.41, 5.74) is 1.58. The molecule has 1 N–H and O–H groups in total. The first-order valence-corrected chi connectivity index (χ1v) is 9.50. The van der Waals surface area contributed by atoms with Crippen LogP contribution in [0, 0.1) is 16.0 Å². The second-order valence-electron chi connectivity index (χ2n) is 6.90. The Hall–Kier alpha value is -3.29. The molecular weight excluding hydrogens is 374 g/mol. The number of ether oxygens (including phenoxy) is 2. The van der Waals surface area contributed by atoms with E-state index in [1.807, 2.05) is 17.0 Å². The van der Waals surface area contributed by atoms with Gasteiger partial charge in [-0.15, -0.1) is 0 Å². The van der Waals surface area contributed by atoms with Crippen LogP contribution < -0.4 is 19.7 Å². The number of carbonyl (C=O) groups is 1. The highest BCUT2D eigenvalue weighted by atomic mass is 16.6. The molecule has 29 heavy (non-hydrogen) atoms. The van der Waals surface area contributed by atoms with Crippen LogP contribution in [0.1, 0.15) is 18.4 Å². The van der Waals surface area contributed by atoms with Crippen LogP contribution in [0.3, 0.4) is 0 Å². The molecule has 8 nitrogen and oxygen atoms in total. The first-order chi connectivity index (χ1) is 14.0. The second kappa shape index (κ2) is 9.27. The van der Waals surface area contributed by atoms with Gasteiger partial charge in [0.15, 0.2) is 0 Å². The van der Waals surface area contributed by atoms with Crippen molar-refractivity contribution in [1.82, 2.24) is 5.32 Å². The highest BCUT2D eigenvalue weighted by Gasteiger charge is 2.28. The maximum absolute atomic E-state index is 12.6. The molecule has 0 radical (unpaired) electrons. The van der Waals surface area contributed by atoms with E-state index in [-0.39, 0.29) is 22.4 Å². The molecule has 2 aromatic carbocycles. The maximum Gasteiger partial charge on any atom is 0.292 e. The van der Waals surface area contributed by atoms with Crippen molar-refractivity contribution in [3.63, 3.8) is 0 Å². The quantitative estimate of drug-likeness (QED) is 0.568. The topological polar surface area (TPSA) is 93.9 Å². The number of nitrogens with one attached hydrogen (secondary N) is 1. The van der Waals surface area contributed by atoms with Gasteiger partial charge >= 0.3 is 0 Å². The normalized spacial score (nSPS) is 14.3. The van der Waals surface area contributed by atoms with Crippen molar-refractivity contribution in [3.8, 4) is 11.5 Å². The Morgan fingerprint density at radius 2 is 1.90 bits per heavy atom. The van der Waals surface area contributed by atoms with Crippen LogP contribution in [0.15, 0.2) is 42.5 Å². The average Bonchev–Trinajstić information content (AvgIpc) is 2.77. The van der Waals surface area contributed by atoms with Crippen molar-refractivity contribution in [3.05, 3.63) is 58.1 Å². The number of para-hydroxylation sites is 2. The fourth-order valence-electron chi connectivity index (χ4n) is 3.59. The number of amides is 1. The fourth-order valence-corrected chi connectivity index (χ4v) is 3.59. The van der Waals surface area contributed by atoms with Gasteiger partial charge in [-0.2, -0.15) is 0 Å². The summed E-state index contributed by atoms with van der Waals surface area (Å²) in [6, 6.07) is 12.2. The molecule has 1 heterocycles. The largest absolute Gasteiger partial charge is 0.497 e. The van der Waals surface area contributed by atoms with Gasteiger partial charge in [-0.05, 0) is 31.0 Å². The highest BCUT2D eigenvalue weighted by Crippen LogP contribution is 2.31. The molecule has 8 heteroatoms. The van der Waals surface area contributed by atoms with Gasteiger partial charge in [0.05, 0.1) is 19.1 Å². The van der Waals surface area contributed by atoms with Gasteiger partial charge in [-0.3, -0.25) is 14.9 Å². The van der Waals surface area contributed by atoms with Crippen molar-refractivity contribution in [2.45, 2.75) is 19.4 Å². The van der Waals surface area contributed by atoms with E-state index in [1.165, 1.54) is 6.07 Å². The zero-order valence-corrected chi connectivity index (χ0v) is 16.6. The van der Waals surface area contributed by atoms with Crippen molar-refractivity contribution in [2.24, 2.45) is 5.92 Å². The summed E-state index contributed by atoms with van der Waals surface area (Å²) in [6.45, 7) is 1.58. The molecular formula is C21H25N3O5. The first-order valence-electron chi connectivity index (χ1n) is 9.50. The summed E-state index contributed by atoms with van der Waals surface area (Å²) in [5.74, 6) is 1.23. The van der Waals surface area contributed by atoms with Gasteiger partial charge in [0, 0.05) is 43.2 Å². The van der Waals surface area contributed by atoms with E-state index in [0.717, 1.165) is 5.56 Å². The summed E-state index contributed by atoms with van der Waals surface area (Å²) in [7, 11) is 3.17. The monoisotopic (exact) mass is 399 g/mol. The van der Waals surface area contributed by atoms with E-state index < -0.39 is 0 Å². The minimum Gasteiger partial charge on any atom is -0.497 e. The van der Waals surface area contributed by atoms with E-state index in [2.05, 4.69) is 5.32 Å². The molecule has 1 saturated heterocycles. The number of hydrogen-bond acceptors (Lipinski definition) is 6. The molecule has 154 valence electrons. The lowest BCUT2D eigenvalue weighted by Crippen LogP contribution is -2.40. The van der Waals surface area contributed by atoms with Crippen molar-refractivity contribution in [2.75, 3.05) is 32.2 Å². The SMILES string of the molecule is COc1ccc(CNC(=O)C2CCN(c3ccccc3[N+](=O)[O-])CC2)c(OC)c1. The van der Waals surface area contributed by atoms with Crippen LogP contribution in [-0.2, 0) is 11.3 Å². The lowest BCUT2D eigenvalue weighted by Gasteiger charge is -2.32. The van der Waals surface area contributed by atoms with Crippen LogP contribution in [0.2, 0.25) is 0 Å². The van der Waals surface area contributed by atoms with Crippen LogP contribution >= 0.6 is 0 Å². The van der Waals surface area contributed by atoms with E-state index in [4.69, 9.17) is 9.47 Å². The third-order valence-corrected chi connectivity index (χ3v) is 5.23. The molecule has 0 aromatic heterocycles. The van der Waals surface area contributed by atoms with E-state index in [9.17, 15) is 14.9 Å². The minimum atomic E-state index is -0.365. The number of benzene rings is 2. The summed E-state index contributed by atoms with van der Waals surface area (Å²) in [6.07, 6.45) is 1.30. The summed E-state index contributed by atoms with van der Waals surface area (Å²) in [5, 5.41) is 14.2. The van der Waals surface area contributed by atoms with Gasteiger partial charge in [0.2, 0.25) is 5.91 Å². The molecule has 0 aliphatic carbocycles. The zero-order chi connectivity index (χ0) is 20.8. The van der Waals surface area contributed by atoms with Gasteiger partial charge in [0.25, 0.3) is 5.69 Å². The molecule has 0 unspecified atom stereocenters. The number of nitro groups is 1. The number of carbonyl (C=O) groups excluding carboxylic acids is 1. The van der Waals surface area contributed by atoms with Crippen molar-refractivity contribution >= 4 is 17.3 Å². The van der Waals surface area contributed by atoms with Gasteiger partial charge in [-0.1, -0.05) is 12.1 Å². The standard InChI is InChI=1S/C21H25N3O5/c1-28-17-8-7-16(20(13-17)29-2)14-22-21(25)15-9-11-23(12-10-15)18-5-3-4-6-19(18)24(26)27/h3-8,13,15H,9-12,14H2,1-2H3,(H,22,25). The first kappa shape index (κ1) is 20.4. The Balaban J connectivity index is 1.56. The fraction of sp³-hybridized carbons (Fsp3) is 0.381. The number of nitro benzene ring substituents is 1. The molecule has 1 fully saturated rings. The maximum atomic E-state index is 12.6. The third kappa shape index (κ3) is 4.77. The molecule has 2 aromatic rings. The molecule has 0 bridgehead atoms. The molecule has 1 aliphatic heterocycles. The van der Waals surface area contributed by atoms with E-state index in [0.29, 0.717) is 49.7 Å². The molecule has 1 aliphatic rings. The van der Waals surface area contributed by atoms with Gasteiger partial charge < -0.3 is 19.7 Å². The molecule has 1 amide bonds. The second-order valence-corrected chi connectivity index (χ2v) is 6.90. The molecule has 0 atom stereocenters. The Kier molecular flexibility index (Phi) is 6.54. The van der Waals surface area contributed by atoms with E-state index in [1.54, 1.807) is 38.5 Å². The Morgan fingerprint density at radius 1 is 1.17 bits per heavy atom. The van der Waals surface area contributed by atoms with Crippen LogP contribution in [0.5, 0.6) is 11.5 Å². The molecule has 3 rings (SSSR count). The molecule has 0 saturated carbocycles. The number of nitrogens with zero attached hydrogens (tertiary/aromatic N) is 2. The predicted octanol–water partition coefficient (Wildman–Crippen LogP) is 3.14. The lowest BCUT2D eigenvalue weighted by atomic mass is 9.95. The van der Waals surface area contributed by atoms with Crippen molar-refractivity contribution < 1.29 is 19.2 Å². The smallest absolute Gasteiger partial charge is 0.292 e. The number of methoxy groups -OCH3 is 2. The summed E-state index contributed by atoms with van der Waals surface area (Å²) < 4.78 is 10.6. The van der Waals surface area contributed by atoms with Crippen LogP contribution in [0.25, 0.3) is 0 Å². The zero-order valence-electron chi connectivity index (χ0n) is 16.6. The average molecular weight is 399 g/mol. The van der Waals surface area contributed by atoms with Crippen LogP contribution in [0.4, 0.5) is 11.4 Å². The third-order valence-electron chi connectivity index (χ3n) is 5.23. The predicted molar refractivity (Wildman–Crippen MR) is 109 cm³/mol. The Bertz CT molecular complexity index is 878. The Labute approximate surface area is 169 Å². The number of rotatable bonds is 7. The van der Waals surface area contributed by atoms with Crippen molar-refractivity contribution in [1.29, 1.82) is 0 Å². The Morgan fingerprint density at radius 3 is 2.55 bits per heavy atom. The van der Waals surface area contributed by atoms with Gasteiger partial charge in [-0.25, -0.2) is 0 Å². The number of hydrogen-bond donors (Lipinski definition) is 1. The molecule has 0 spiro atoms.